The van der Waals surface area contributed by atoms with Crippen LogP contribution in [0, 0.1) is 0 Å². The van der Waals surface area contributed by atoms with Crippen molar-refractivity contribution in [3.63, 3.8) is 0 Å². The molecule has 54 heteroatoms. The molecule has 11 atom stereocenters. The van der Waals surface area contributed by atoms with E-state index in [1.165, 1.54) is 27.7 Å². The number of aliphatic carboxylic acids is 11. The molecule has 0 aliphatic heterocycles. The van der Waals surface area contributed by atoms with Gasteiger partial charge < -0.3 is 149 Å². The van der Waals surface area contributed by atoms with Crippen LogP contribution >= 0.6 is 35.3 Å². The minimum absolute atomic E-state index is 0.000833. The Hall–Kier alpha value is -13.2. The normalized spacial score (nSPS) is 12.0. The number of amides is 3. The van der Waals surface area contributed by atoms with Crippen molar-refractivity contribution in [3.05, 3.63) is 134 Å². The number of ketones is 3. The van der Waals surface area contributed by atoms with Crippen LogP contribution in [0.3, 0.4) is 0 Å². The van der Waals surface area contributed by atoms with Crippen molar-refractivity contribution in [2.75, 3.05) is 56.7 Å². The third-order valence-corrected chi connectivity index (χ3v) is 18.8. The Bertz CT molecular complexity index is 3990. The average Bonchev–Trinajstić information content (AvgIpc) is 0.932. The van der Waals surface area contributed by atoms with E-state index in [-0.39, 0.29) is 133 Å². The van der Waals surface area contributed by atoms with E-state index in [0.717, 1.165) is 35.3 Å². The van der Waals surface area contributed by atoms with Gasteiger partial charge in [0.25, 0.3) is 0 Å². The van der Waals surface area contributed by atoms with Crippen molar-refractivity contribution in [3.8, 4) is 0 Å². The summed E-state index contributed by atoms with van der Waals surface area (Å²) >= 11 is 3.08. The van der Waals surface area contributed by atoms with E-state index in [9.17, 15) is 110 Å². The van der Waals surface area contributed by atoms with E-state index < -0.39 is 162 Å². The number of Topliss-reactive ketones (excluding diaryl/α,β-unsaturated/α-hetero) is 3. The Morgan fingerprint density at radius 3 is 0.882 bits per heavy atom. The fourth-order valence-corrected chi connectivity index (χ4v) is 8.90. The van der Waals surface area contributed by atoms with Crippen LogP contribution in [-0.4, -0.2) is 313 Å². The Labute approximate surface area is 847 Å². The number of hydrogen-bond acceptors (Lipinski definition) is 40. The van der Waals surface area contributed by atoms with E-state index in [2.05, 4.69) is 97.8 Å². The lowest BCUT2D eigenvalue weighted by molar-refractivity contribution is -0.146. The Morgan fingerprint density at radius 2 is 0.542 bits per heavy atom. The van der Waals surface area contributed by atoms with E-state index in [1.54, 1.807) is 48.5 Å². The number of nitrogens with two attached hydrogens (primary N) is 11. The summed E-state index contributed by atoms with van der Waals surface area (Å²) in [5.74, 6) is -14.6. The number of ether oxygens (including phenoxy) is 3. The molecule has 144 heavy (non-hydrogen) atoms. The highest BCUT2D eigenvalue weighted by molar-refractivity contribution is 8.14. The third kappa shape index (κ3) is 102. The SMILES string of the molecule is C=C(C)C(=O)C(=O)CCCC(N)C(=O)O.C=C(C)C(=O)CCC(N)C(=O)O.C=C(C)C(=O)NCC(N)C(=O)O.C=C(C)C(=O)NCCC(N)C(=O)O.C=C(C)C(=O)NCCCC(N)C(=O)O.C=C(C)C(=O)OCC(N)C(=O)O.C=C(C)C(=O)OCCC(N)C(=O)O.C=C(C)C(=O)OCCCC(N)C(=O)O.C=C(C)C(=O)SCC(N)C(=O)O.C=C(C)C(=O)SCCC(N)C(=O)O.C=C(C)C(=O)SCCCC(N)C(=O)O. The fraction of sp³-hybridized carbons (Fsp3) is 0.500. The first-order valence-electron chi connectivity index (χ1n) is 42.4. The number of rotatable bonds is 57. The van der Waals surface area contributed by atoms with Gasteiger partial charge in [-0.05, 0) is 175 Å². The quantitative estimate of drug-likeness (QED) is 0.0131. The van der Waals surface area contributed by atoms with Gasteiger partial charge >= 0.3 is 83.6 Å². The number of hydrogen-bond donors (Lipinski definition) is 25. The number of carbonyl (C=O) groups is 23. The number of carboxylic acids is 11. The highest BCUT2D eigenvalue weighted by Crippen LogP contribution is 2.14. The smallest absolute Gasteiger partial charge is 0.333 e. The minimum Gasteiger partial charge on any atom is -0.480 e. The van der Waals surface area contributed by atoms with Crippen LogP contribution in [0.4, 0.5) is 0 Å². The van der Waals surface area contributed by atoms with Gasteiger partial charge in [-0.2, -0.15) is 0 Å². The van der Waals surface area contributed by atoms with Crippen LogP contribution in [0.15, 0.2) is 134 Å². The summed E-state index contributed by atoms with van der Waals surface area (Å²) < 4.78 is 13.9. The minimum atomic E-state index is -1.20. The van der Waals surface area contributed by atoms with Crippen molar-refractivity contribution >= 4 is 169 Å². The molecule has 0 radical (unpaired) electrons. The topological polar surface area (TPSA) is 965 Å². The molecule has 0 bridgehead atoms. The molecule has 36 N–H and O–H groups in total. The van der Waals surface area contributed by atoms with Crippen LogP contribution in [-0.2, 0) is 124 Å². The standard InChI is InChI=1S/C10H15NO4.C9H16N2O3.C9H15NO4.C9H15NO3S.C8H14N2O3.C8H13NO4.C8H13NO3S.C8H13NO3.C7H12N2O3.C7H11NO4.C7H11NO3S/c1-6(2)9(13)8(12)5-3-4-7(11)10(14)15;1-6(2)8(12)11-5-3-4-7(10)9(13)14;2*1-6(2)9(13)14-5-3-4-7(10)8(11)12;1-5(2)7(11)10-4-3-6(9)8(12)13;2*1-5(2)8(12)13-4-3-6(9)7(10)11;1-5(2)7(10)4-3-6(9)8(11)12;1-4(2)6(10)9-3-5(8)7(11)12;2*1-4(2)7(11)12-3-5(8)6(9)10/h7H,1,3-5,11H2,2H3,(H,14,15);7H,1,3-5,10H2,2H3,(H,11,12)(H,13,14);2*7H,1,3-5,10H2,2H3,(H,11,12);6H,1,3-4,9H2,2H3,(H,10,11)(H,12,13);2*6H,1,3-4,9H2,2H3,(H,10,11);6H,1,3-4,9H2,2H3,(H,11,12);5H,1,3,8H2,2H3,(H,9,10)(H,11,12);2*5H,1,3,8H2,2H3,(H,9,10). The lowest BCUT2D eigenvalue weighted by atomic mass is 10.0. The molecule has 0 spiro atoms. The zero-order valence-corrected chi connectivity index (χ0v) is 85.5. The number of carbonyl (C=O) groups excluding carboxylic acids is 12. The Morgan fingerprint density at radius 1 is 0.250 bits per heavy atom. The zero-order chi connectivity index (χ0) is 116. The van der Waals surface area contributed by atoms with Gasteiger partial charge in [0.1, 0.15) is 73.1 Å². The maximum atomic E-state index is 11.1. The number of thioether (sulfide) groups is 3. The van der Waals surface area contributed by atoms with Gasteiger partial charge in [0.2, 0.25) is 44.6 Å². The second kappa shape index (κ2) is 91.0. The van der Waals surface area contributed by atoms with E-state index >= 15 is 0 Å². The molecule has 0 rings (SSSR count). The highest BCUT2D eigenvalue weighted by atomic mass is 32.2. The first-order chi connectivity index (χ1) is 65.8. The number of esters is 3. The first-order valence-corrected chi connectivity index (χ1v) is 45.3. The predicted octanol–water partition coefficient (Wildman–Crippen LogP) is 0.645. The van der Waals surface area contributed by atoms with Gasteiger partial charge in [0, 0.05) is 89.6 Å². The summed E-state index contributed by atoms with van der Waals surface area (Å²) in [5, 5.41) is 99.4. The van der Waals surface area contributed by atoms with Crippen LogP contribution in [0.5, 0.6) is 0 Å². The van der Waals surface area contributed by atoms with Crippen molar-refractivity contribution in [2.24, 2.45) is 63.1 Å². The lowest BCUT2D eigenvalue weighted by Gasteiger charge is -2.07. The van der Waals surface area contributed by atoms with Crippen molar-refractivity contribution < 1.29 is 181 Å². The van der Waals surface area contributed by atoms with E-state index in [0.29, 0.717) is 114 Å². The van der Waals surface area contributed by atoms with Gasteiger partial charge in [0.15, 0.2) is 5.78 Å². The Kier molecular flexibility index (Phi) is 97.0. The molecular weight excluding hydrogens is 1970 g/mol. The van der Waals surface area contributed by atoms with Crippen molar-refractivity contribution in [2.45, 2.75) is 233 Å². The van der Waals surface area contributed by atoms with Crippen molar-refractivity contribution in [1.82, 2.24) is 16.0 Å². The number of carboxylic acid groups (broad SMARTS) is 11. The van der Waals surface area contributed by atoms with Gasteiger partial charge in [0.05, 0.1) is 13.2 Å². The molecule has 3 amide bonds. The maximum Gasteiger partial charge on any atom is 0.333 e. The van der Waals surface area contributed by atoms with Gasteiger partial charge in [-0.1, -0.05) is 108 Å². The second-order valence-corrected chi connectivity index (χ2v) is 33.5. The molecule has 0 aromatic rings. The molecule has 0 fully saturated rings. The van der Waals surface area contributed by atoms with Crippen LogP contribution in [0.2, 0.25) is 0 Å². The molecule has 11 unspecified atom stereocenters. The maximum absolute atomic E-state index is 11.1. The molecule has 51 nitrogen and oxygen atoms in total. The summed E-state index contributed by atoms with van der Waals surface area (Å²) in [6.07, 6.45) is 4.08. The third-order valence-electron chi connectivity index (χ3n) is 15.6. The van der Waals surface area contributed by atoms with E-state index in [4.69, 9.17) is 124 Å². The fourth-order valence-electron chi connectivity index (χ4n) is 6.64. The molecule has 0 heterocycles. The molecular formula is C90H148N14O37S3. The van der Waals surface area contributed by atoms with Gasteiger partial charge in [-0.15, -0.1) is 0 Å². The first kappa shape index (κ1) is 154. The summed E-state index contributed by atoms with van der Waals surface area (Å²) in [6.45, 7) is 55.1. The highest BCUT2D eigenvalue weighted by Gasteiger charge is 2.23. The predicted molar refractivity (Wildman–Crippen MR) is 539 cm³/mol. The molecule has 0 saturated carbocycles. The summed E-state index contributed by atoms with van der Waals surface area (Å²) in [6, 6.07) is -10.5. The van der Waals surface area contributed by atoms with Crippen molar-refractivity contribution in [1.29, 1.82) is 0 Å². The molecule has 0 aromatic heterocycles. The Balaban J connectivity index is -0.000000150. The van der Waals surface area contributed by atoms with Crippen LogP contribution < -0.4 is 79.0 Å². The monoisotopic (exact) mass is 2110 g/mol. The zero-order valence-electron chi connectivity index (χ0n) is 83.0. The van der Waals surface area contributed by atoms with E-state index in [1.807, 2.05) is 0 Å². The second-order valence-electron chi connectivity index (χ2n) is 30.3. The summed E-state index contributed by atoms with van der Waals surface area (Å²) in [4.78, 5) is 244. The average molecular weight is 2110 g/mol. The summed E-state index contributed by atoms with van der Waals surface area (Å²) in [7, 11) is 0. The van der Waals surface area contributed by atoms with Crippen LogP contribution in [0.25, 0.3) is 0 Å². The molecule has 818 valence electrons. The molecule has 0 aliphatic carbocycles. The lowest BCUT2D eigenvalue weighted by Crippen LogP contribution is -2.42. The number of nitrogens with one attached hydrogen (secondary N) is 3. The molecule has 0 aliphatic rings. The summed E-state index contributed by atoms with van der Waals surface area (Å²) in [5.41, 5.74) is 61.1. The van der Waals surface area contributed by atoms with Crippen LogP contribution in [0.1, 0.15) is 166 Å². The largest absolute Gasteiger partial charge is 0.480 e. The molecule has 0 saturated heterocycles. The van der Waals surface area contributed by atoms with Gasteiger partial charge in [-0.25, -0.2) is 14.4 Å². The van der Waals surface area contributed by atoms with Gasteiger partial charge in [-0.3, -0.25) is 95.9 Å². The molecule has 0 aromatic carbocycles. The number of allylic oxidation sites excluding steroid dienone is 2.